The first-order valence-corrected chi connectivity index (χ1v) is 8.87. The van der Waals surface area contributed by atoms with Gasteiger partial charge in [-0.05, 0) is 56.4 Å². The van der Waals surface area contributed by atoms with E-state index in [1.54, 1.807) is 11.8 Å². The van der Waals surface area contributed by atoms with E-state index in [0.29, 0.717) is 5.92 Å². The van der Waals surface area contributed by atoms with Gasteiger partial charge in [-0.15, -0.1) is 0 Å². The summed E-state index contributed by atoms with van der Waals surface area (Å²) in [5, 5.41) is 4.42. The Morgan fingerprint density at radius 2 is 2.05 bits per heavy atom. The number of nitrogens with one attached hydrogen (secondary N) is 1. The standard InChI is InChI=1S/C14H19N5S2/c1-4-7-15-11-8(2)13(18-12(17-11)10-5-6-10)20-14-16-9(3)19-21-14/h10H,4-7H2,1-3H3,(H,15,17,18). The lowest BCUT2D eigenvalue weighted by Gasteiger charge is -2.12. The van der Waals surface area contributed by atoms with Crippen LogP contribution >= 0.6 is 23.3 Å². The van der Waals surface area contributed by atoms with E-state index < -0.39 is 0 Å². The molecular formula is C14H19N5S2. The van der Waals surface area contributed by atoms with Crippen LogP contribution in [0.2, 0.25) is 0 Å². The first kappa shape index (κ1) is 14.7. The Bertz CT molecular complexity index is 636. The lowest BCUT2D eigenvalue weighted by Crippen LogP contribution is -2.08. The van der Waals surface area contributed by atoms with Crippen molar-refractivity contribution in [1.82, 2.24) is 19.3 Å². The molecule has 1 N–H and O–H groups in total. The van der Waals surface area contributed by atoms with E-state index in [-0.39, 0.29) is 0 Å². The second-order valence-electron chi connectivity index (χ2n) is 5.27. The van der Waals surface area contributed by atoms with Crippen molar-refractivity contribution in [2.45, 2.75) is 55.3 Å². The number of aromatic nitrogens is 4. The van der Waals surface area contributed by atoms with E-state index in [1.807, 2.05) is 6.92 Å². The van der Waals surface area contributed by atoms with Gasteiger partial charge in [0.05, 0.1) is 0 Å². The minimum atomic E-state index is 0.545. The van der Waals surface area contributed by atoms with Crippen LogP contribution in [0.5, 0.6) is 0 Å². The molecule has 1 aliphatic rings. The predicted octanol–water partition coefficient (Wildman–Crippen LogP) is 3.80. The molecule has 0 aliphatic heterocycles. The Hall–Kier alpha value is -1.21. The van der Waals surface area contributed by atoms with Gasteiger partial charge in [-0.2, -0.15) is 4.37 Å². The Morgan fingerprint density at radius 3 is 2.67 bits per heavy atom. The van der Waals surface area contributed by atoms with Crippen LogP contribution < -0.4 is 5.32 Å². The molecule has 2 aromatic rings. The Kier molecular flexibility index (Phi) is 4.40. The fraction of sp³-hybridized carbons (Fsp3) is 0.571. The molecule has 2 heterocycles. The van der Waals surface area contributed by atoms with Crippen LogP contribution in [0.4, 0.5) is 5.82 Å². The molecule has 7 heteroatoms. The molecule has 0 atom stereocenters. The van der Waals surface area contributed by atoms with Crippen LogP contribution in [0, 0.1) is 13.8 Å². The SMILES string of the molecule is CCCNc1nc(C2CC2)nc(Sc2nc(C)ns2)c1C. The topological polar surface area (TPSA) is 63.6 Å². The van der Waals surface area contributed by atoms with Gasteiger partial charge in [-0.3, -0.25) is 0 Å². The molecule has 2 aromatic heterocycles. The average Bonchev–Trinajstić information content (AvgIpc) is 3.23. The van der Waals surface area contributed by atoms with Crippen molar-refractivity contribution in [2.24, 2.45) is 0 Å². The fourth-order valence-corrected chi connectivity index (χ4v) is 3.61. The smallest absolute Gasteiger partial charge is 0.176 e. The summed E-state index contributed by atoms with van der Waals surface area (Å²) in [6.07, 6.45) is 3.50. The molecule has 1 saturated carbocycles. The van der Waals surface area contributed by atoms with Crippen LogP contribution in [-0.2, 0) is 0 Å². The highest BCUT2D eigenvalue weighted by Gasteiger charge is 2.28. The summed E-state index contributed by atoms with van der Waals surface area (Å²) in [5.41, 5.74) is 1.10. The molecule has 0 aromatic carbocycles. The summed E-state index contributed by atoms with van der Waals surface area (Å²) >= 11 is 3.02. The fourth-order valence-electron chi connectivity index (χ4n) is 1.95. The first-order valence-electron chi connectivity index (χ1n) is 7.28. The molecule has 0 spiro atoms. The van der Waals surface area contributed by atoms with Crippen LogP contribution in [0.15, 0.2) is 9.37 Å². The quantitative estimate of drug-likeness (QED) is 0.817. The Morgan fingerprint density at radius 1 is 1.24 bits per heavy atom. The maximum atomic E-state index is 4.76. The summed E-state index contributed by atoms with van der Waals surface area (Å²) < 4.78 is 5.18. The monoisotopic (exact) mass is 321 g/mol. The normalized spacial score (nSPS) is 14.4. The van der Waals surface area contributed by atoms with Gasteiger partial charge < -0.3 is 5.32 Å². The van der Waals surface area contributed by atoms with Gasteiger partial charge in [0, 0.05) is 18.0 Å². The maximum Gasteiger partial charge on any atom is 0.176 e. The van der Waals surface area contributed by atoms with Crippen LogP contribution in [-0.4, -0.2) is 25.9 Å². The minimum absolute atomic E-state index is 0.545. The highest BCUT2D eigenvalue weighted by atomic mass is 32.2. The zero-order valence-electron chi connectivity index (χ0n) is 12.5. The molecule has 0 unspecified atom stereocenters. The van der Waals surface area contributed by atoms with Crippen molar-refractivity contribution in [3.05, 3.63) is 17.2 Å². The summed E-state index contributed by atoms with van der Waals surface area (Å²) in [7, 11) is 0. The molecule has 0 radical (unpaired) electrons. The molecule has 1 fully saturated rings. The zero-order chi connectivity index (χ0) is 14.8. The van der Waals surface area contributed by atoms with Gasteiger partial charge in [0.1, 0.15) is 22.5 Å². The number of aryl methyl sites for hydroxylation is 1. The van der Waals surface area contributed by atoms with E-state index in [0.717, 1.165) is 45.4 Å². The Labute approximate surface area is 133 Å². The van der Waals surface area contributed by atoms with Crippen LogP contribution in [0.1, 0.15) is 49.3 Å². The van der Waals surface area contributed by atoms with E-state index in [9.17, 15) is 0 Å². The number of anilines is 1. The highest BCUT2D eigenvalue weighted by Crippen LogP contribution is 2.41. The van der Waals surface area contributed by atoms with Crippen LogP contribution in [0.3, 0.4) is 0 Å². The maximum absolute atomic E-state index is 4.76. The summed E-state index contributed by atoms with van der Waals surface area (Å²) in [6, 6.07) is 0. The van der Waals surface area contributed by atoms with E-state index in [1.165, 1.54) is 24.4 Å². The number of hydrogen-bond acceptors (Lipinski definition) is 7. The molecule has 1 aliphatic carbocycles. The molecule has 3 rings (SSSR count). The molecule has 0 bridgehead atoms. The van der Waals surface area contributed by atoms with Gasteiger partial charge in [-0.1, -0.05) is 6.92 Å². The predicted molar refractivity (Wildman–Crippen MR) is 86.3 cm³/mol. The number of hydrogen-bond donors (Lipinski definition) is 1. The van der Waals surface area contributed by atoms with Crippen LogP contribution in [0.25, 0.3) is 0 Å². The molecular weight excluding hydrogens is 302 g/mol. The van der Waals surface area contributed by atoms with E-state index in [2.05, 4.69) is 28.5 Å². The zero-order valence-corrected chi connectivity index (χ0v) is 14.1. The van der Waals surface area contributed by atoms with Crippen molar-refractivity contribution in [1.29, 1.82) is 0 Å². The first-order chi connectivity index (χ1) is 10.2. The second-order valence-corrected chi connectivity index (χ2v) is 7.26. The van der Waals surface area contributed by atoms with Gasteiger partial charge in [0.15, 0.2) is 4.34 Å². The van der Waals surface area contributed by atoms with Crippen molar-refractivity contribution < 1.29 is 0 Å². The second kappa shape index (κ2) is 6.27. The lowest BCUT2D eigenvalue weighted by atomic mass is 10.3. The van der Waals surface area contributed by atoms with Crippen molar-refractivity contribution in [3.8, 4) is 0 Å². The molecule has 112 valence electrons. The minimum Gasteiger partial charge on any atom is -0.370 e. The van der Waals surface area contributed by atoms with Gasteiger partial charge in [-0.25, -0.2) is 15.0 Å². The highest BCUT2D eigenvalue weighted by molar-refractivity contribution is 8.00. The van der Waals surface area contributed by atoms with E-state index in [4.69, 9.17) is 9.97 Å². The van der Waals surface area contributed by atoms with Gasteiger partial charge in [0.2, 0.25) is 0 Å². The van der Waals surface area contributed by atoms with Crippen molar-refractivity contribution in [3.63, 3.8) is 0 Å². The van der Waals surface area contributed by atoms with Crippen molar-refractivity contribution >= 4 is 29.1 Å². The molecule has 5 nitrogen and oxygen atoms in total. The van der Waals surface area contributed by atoms with Gasteiger partial charge in [0.25, 0.3) is 0 Å². The summed E-state index contributed by atoms with van der Waals surface area (Å²) in [5.74, 6) is 3.31. The summed E-state index contributed by atoms with van der Waals surface area (Å²) in [4.78, 5) is 13.9. The Balaban J connectivity index is 1.91. The number of nitrogens with zero attached hydrogens (tertiary/aromatic N) is 4. The van der Waals surface area contributed by atoms with E-state index >= 15 is 0 Å². The third kappa shape index (κ3) is 3.52. The molecule has 0 amide bonds. The third-order valence-corrected chi connectivity index (χ3v) is 5.23. The average molecular weight is 321 g/mol. The largest absolute Gasteiger partial charge is 0.370 e. The molecule has 21 heavy (non-hydrogen) atoms. The van der Waals surface area contributed by atoms with Crippen molar-refractivity contribution in [2.75, 3.05) is 11.9 Å². The summed E-state index contributed by atoms with van der Waals surface area (Å²) in [6.45, 7) is 7.08. The third-order valence-electron chi connectivity index (χ3n) is 3.30. The van der Waals surface area contributed by atoms with Gasteiger partial charge >= 0.3 is 0 Å². The number of rotatable bonds is 6. The molecule has 0 saturated heterocycles. The lowest BCUT2D eigenvalue weighted by molar-refractivity contribution is 0.853.